The minimum atomic E-state index is -3.48. The van der Waals surface area contributed by atoms with Crippen LogP contribution in [-0.2, 0) is 14.8 Å². The van der Waals surface area contributed by atoms with Gasteiger partial charge >= 0.3 is 5.97 Å². The van der Waals surface area contributed by atoms with Crippen molar-refractivity contribution >= 4 is 31.9 Å². The van der Waals surface area contributed by atoms with Gasteiger partial charge in [0.05, 0.1) is 4.90 Å². The normalized spacial score (nSPS) is 26.9. The van der Waals surface area contributed by atoms with Crippen molar-refractivity contribution in [3.8, 4) is 0 Å². The molecule has 7 heteroatoms. The summed E-state index contributed by atoms with van der Waals surface area (Å²) in [6, 6.07) is 6.67. The second-order valence-corrected chi connectivity index (χ2v) is 10.6. The molecule has 2 saturated carbocycles. The number of carbonyl (C=O) groups is 1. The molecule has 2 bridgehead atoms. The van der Waals surface area contributed by atoms with E-state index in [1.807, 2.05) is 0 Å². The first-order valence-electron chi connectivity index (χ1n) is 10.0. The third-order valence-electron chi connectivity index (χ3n) is 6.17. The fourth-order valence-corrected chi connectivity index (χ4v) is 6.18. The fourth-order valence-electron chi connectivity index (χ4n) is 4.86. The number of hydrogen-bond donors (Lipinski definition) is 2. The number of halogens is 1. The van der Waals surface area contributed by atoms with Gasteiger partial charge < -0.3 is 5.11 Å². The number of hydrogen-bond acceptors (Lipinski definition) is 3. The van der Waals surface area contributed by atoms with Gasteiger partial charge in [-0.2, -0.15) is 0 Å². The number of rotatable bonds is 10. The van der Waals surface area contributed by atoms with Crippen molar-refractivity contribution in [3.05, 3.63) is 40.9 Å². The van der Waals surface area contributed by atoms with Crippen LogP contribution >= 0.6 is 15.9 Å². The van der Waals surface area contributed by atoms with Crippen molar-refractivity contribution in [2.75, 3.05) is 6.54 Å². The van der Waals surface area contributed by atoms with Crippen LogP contribution in [0, 0.1) is 23.7 Å². The Labute approximate surface area is 175 Å². The Morgan fingerprint density at radius 3 is 2.64 bits per heavy atom. The Balaban J connectivity index is 1.52. The molecule has 1 aromatic carbocycles. The Morgan fingerprint density at radius 2 is 1.93 bits per heavy atom. The Kier molecular flexibility index (Phi) is 7.34. The minimum Gasteiger partial charge on any atom is -0.481 e. The molecule has 4 atom stereocenters. The molecular formula is C21H28BrNO4S. The van der Waals surface area contributed by atoms with Gasteiger partial charge in [-0.1, -0.05) is 28.1 Å². The molecule has 0 radical (unpaired) electrons. The van der Waals surface area contributed by atoms with E-state index in [4.69, 9.17) is 5.11 Å². The van der Waals surface area contributed by atoms with E-state index in [2.05, 4.69) is 32.8 Å². The van der Waals surface area contributed by atoms with E-state index >= 15 is 0 Å². The number of carboxylic acids is 1. The summed E-state index contributed by atoms with van der Waals surface area (Å²) in [5.74, 6) is 1.66. The summed E-state index contributed by atoms with van der Waals surface area (Å²) in [5, 5.41) is 8.73. The molecule has 28 heavy (non-hydrogen) atoms. The van der Waals surface area contributed by atoms with Crippen LogP contribution < -0.4 is 4.72 Å². The molecule has 4 unspecified atom stereocenters. The summed E-state index contributed by atoms with van der Waals surface area (Å²) in [5.41, 5.74) is 0. The third kappa shape index (κ3) is 5.45. The van der Waals surface area contributed by atoms with Crippen LogP contribution in [0.5, 0.6) is 0 Å². The van der Waals surface area contributed by atoms with Crippen molar-refractivity contribution in [2.24, 2.45) is 23.7 Å². The van der Waals surface area contributed by atoms with E-state index in [9.17, 15) is 13.2 Å². The van der Waals surface area contributed by atoms with E-state index < -0.39 is 16.0 Å². The lowest BCUT2D eigenvalue weighted by atomic mass is 9.77. The van der Waals surface area contributed by atoms with Gasteiger partial charge in [-0.25, -0.2) is 13.1 Å². The predicted octanol–water partition coefficient (Wildman–Crippen LogP) is 4.59. The van der Waals surface area contributed by atoms with E-state index in [0.717, 1.165) is 17.3 Å². The van der Waals surface area contributed by atoms with Crippen molar-refractivity contribution in [1.29, 1.82) is 0 Å². The number of nitrogens with one attached hydrogen (secondary N) is 1. The zero-order chi connectivity index (χ0) is 20.1. The molecule has 0 aliphatic heterocycles. The maximum atomic E-state index is 12.5. The first-order valence-corrected chi connectivity index (χ1v) is 12.3. The predicted molar refractivity (Wildman–Crippen MR) is 112 cm³/mol. The van der Waals surface area contributed by atoms with Crippen LogP contribution in [0.15, 0.2) is 45.8 Å². The quantitative estimate of drug-likeness (QED) is 0.387. The number of fused-ring (bicyclic) bond motifs is 2. The van der Waals surface area contributed by atoms with Crippen LogP contribution in [0.25, 0.3) is 0 Å². The number of aliphatic carboxylic acids is 1. The molecule has 0 heterocycles. The van der Waals surface area contributed by atoms with Crippen molar-refractivity contribution < 1.29 is 18.3 Å². The Bertz CT molecular complexity index is 806. The summed E-state index contributed by atoms with van der Waals surface area (Å²) < 4.78 is 28.5. The lowest BCUT2D eigenvalue weighted by Gasteiger charge is -2.29. The third-order valence-corrected chi connectivity index (χ3v) is 8.18. The molecule has 5 nitrogen and oxygen atoms in total. The second kappa shape index (κ2) is 9.55. The molecule has 3 rings (SSSR count). The highest BCUT2D eigenvalue weighted by atomic mass is 79.9. The lowest BCUT2D eigenvalue weighted by molar-refractivity contribution is -0.137. The van der Waals surface area contributed by atoms with Gasteiger partial charge in [-0.3, -0.25) is 4.79 Å². The summed E-state index contributed by atoms with van der Waals surface area (Å²) >= 11 is 3.32. The first kappa shape index (κ1) is 21.5. The van der Waals surface area contributed by atoms with Crippen LogP contribution in [-0.4, -0.2) is 26.0 Å². The van der Waals surface area contributed by atoms with Gasteiger partial charge in [0.15, 0.2) is 0 Å². The lowest BCUT2D eigenvalue weighted by Crippen LogP contribution is -2.29. The molecule has 0 saturated heterocycles. The van der Waals surface area contributed by atoms with Crippen molar-refractivity contribution in [3.63, 3.8) is 0 Å². The molecule has 2 aliphatic carbocycles. The fraction of sp³-hybridized carbons (Fsp3) is 0.571. The molecule has 2 fully saturated rings. The maximum absolute atomic E-state index is 12.5. The van der Waals surface area contributed by atoms with Crippen molar-refractivity contribution in [2.45, 2.75) is 49.8 Å². The van der Waals surface area contributed by atoms with E-state index in [0.29, 0.717) is 41.5 Å². The summed E-state index contributed by atoms with van der Waals surface area (Å²) in [6.45, 7) is 0.454. The van der Waals surface area contributed by atoms with E-state index in [-0.39, 0.29) is 6.42 Å². The van der Waals surface area contributed by atoms with Crippen LogP contribution in [0.4, 0.5) is 0 Å². The van der Waals surface area contributed by atoms with Crippen molar-refractivity contribution in [1.82, 2.24) is 4.72 Å². The SMILES string of the molecule is O=C(O)CCC/C=C\C1C2CCC(C2)C1CCNS(=O)(=O)c1ccc(Br)cc1. The molecule has 154 valence electrons. The maximum Gasteiger partial charge on any atom is 0.303 e. The van der Waals surface area contributed by atoms with Gasteiger partial charge in [0, 0.05) is 17.4 Å². The molecule has 0 aromatic heterocycles. The Morgan fingerprint density at radius 1 is 1.21 bits per heavy atom. The van der Waals surface area contributed by atoms with Gasteiger partial charge in [-0.15, -0.1) is 0 Å². The van der Waals surface area contributed by atoms with Gasteiger partial charge in [0.2, 0.25) is 10.0 Å². The highest BCUT2D eigenvalue weighted by Gasteiger charge is 2.45. The van der Waals surface area contributed by atoms with Gasteiger partial charge in [0.25, 0.3) is 0 Å². The van der Waals surface area contributed by atoms with Gasteiger partial charge in [-0.05, 0) is 86.5 Å². The number of benzene rings is 1. The minimum absolute atomic E-state index is 0.211. The molecule has 0 spiro atoms. The average molecular weight is 470 g/mol. The summed E-state index contributed by atoms with van der Waals surface area (Å²) in [4.78, 5) is 10.9. The molecular weight excluding hydrogens is 442 g/mol. The zero-order valence-electron chi connectivity index (χ0n) is 15.9. The monoisotopic (exact) mass is 469 g/mol. The molecule has 2 aliphatic rings. The summed E-state index contributed by atoms with van der Waals surface area (Å²) in [7, 11) is -3.48. The number of unbranched alkanes of at least 4 members (excludes halogenated alkanes) is 1. The number of sulfonamides is 1. The van der Waals surface area contributed by atoms with Crippen LogP contribution in [0.3, 0.4) is 0 Å². The van der Waals surface area contributed by atoms with E-state index in [1.54, 1.807) is 24.3 Å². The highest BCUT2D eigenvalue weighted by Crippen LogP contribution is 2.54. The molecule has 1 aromatic rings. The highest BCUT2D eigenvalue weighted by molar-refractivity contribution is 9.10. The van der Waals surface area contributed by atoms with Gasteiger partial charge in [0.1, 0.15) is 0 Å². The average Bonchev–Trinajstić information content (AvgIpc) is 3.24. The van der Waals surface area contributed by atoms with Crippen LogP contribution in [0.1, 0.15) is 44.9 Å². The number of carboxylic acid groups (broad SMARTS) is 1. The molecule has 0 amide bonds. The van der Waals surface area contributed by atoms with Crippen LogP contribution in [0.2, 0.25) is 0 Å². The van der Waals surface area contributed by atoms with E-state index in [1.165, 1.54) is 19.3 Å². The smallest absolute Gasteiger partial charge is 0.303 e. The first-order chi connectivity index (χ1) is 13.4. The summed E-state index contributed by atoms with van der Waals surface area (Å²) in [6.07, 6.45) is 10.7. The number of allylic oxidation sites excluding steroid dienone is 2. The molecule has 2 N–H and O–H groups in total. The Hall–Kier alpha value is -1.18. The topological polar surface area (TPSA) is 83.5 Å². The standard InChI is InChI=1S/C21H28BrNO4S/c22-17-8-10-18(11-9-17)28(26,27)23-13-12-20-16-7-6-15(14-16)19(20)4-2-1-3-5-21(24)25/h2,4,8-11,15-16,19-20,23H,1,3,5-7,12-14H2,(H,24,25)/b4-2-. The zero-order valence-corrected chi connectivity index (χ0v) is 18.3. The largest absolute Gasteiger partial charge is 0.481 e. The second-order valence-electron chi connectivity index (χ2n) is 7.93.